The van der Waals surface area contributed by atoms with Gasteiger partial charge in [-0.15, -0.1) is 0 Å². The number of carbonyl (C=O) groups excluding carboxylic acids is 2. The number of rotatable bonds is 5. The highest BCUT2D eigenvalue weighted by Gasteiger charge is 2.26. The number of carbonyl (C=O) groups is 2. The van der Waals surface area contributed by atoms with Crippen molar-refractivity contribution < 1.29 is 14.3 Å². The number of methoxy groups -OCH3 is 1. The lowest BCUT2D eigenvalue weighted by molar-refractivity contribution is -0.140. The maximum absolute atomic E-state index is 12.7. The summed E-state index contributed by atoms with van der Waals surface area (Å²) < 4.78 is 5.56. The zero-order valence-electron chi connectivity index (χ0n) is 14.7. The van der Waals surface area contributed by atoms with Gasteiger partial charge in [-0.1, -0.05) is 45.7 Å². The molecule has 0 aliphatic carbocycles. The van der Waals surface area contributed by atoms with Gasteiger partial charge in [0.15, 0.2) is 0 Å². The lowest BCUT2D eigenvalue weighted by atomic mass is 10.00. The van der Waals surface area contributed by atoms with Crippen LogP contribution in [-0.2, 0) is 14.3 Å². The number of hydrogen-bond acceptors (Lipinski definition) is 4. The Morgan fingerprint density at radius 1 is 1.26 bits per heavy atom. The number of aliphatic imine (C=N–C) groups is 1. The largest absolute Gasteiger partial charge is 0.469 e. The van der Waals surface area contributed by atoms with Crippen molar-refractivity contribution in [2.75, 3.05) is 25.1 Å². The minimum atomic E-state index is -0.290. The second-order valence-corrected chi connectivity index (χ2v) is 7.35. The lowest BCUT2D eigenvalue weighted by Crippen LogP contribution is -2.33. The molecule has 0 saturated carbocycles. The summed E-state index contributed by atoms with van der Waals surface area (Å²) in [6, 6.07) is 13.1. The van der Waals surface area contributed by atoms with Crippen LogP contribution in [0.3, 0.4) is 0 Å². The summed E-state index contributed by atoms with van der Waals surface area (Å²) in [6.45, 7) is 0.430. The van der Waals surface area contributed by atoms with Crippen molar-refractivity contribution >= 4 is 50.8 Å². The van der Waals surface area contributed by atoms with Gasteiger partial charge in [-0.2, -0.15) is 0 Å². The first-order valence-electron chi connectivity index (χ1n) is 8.47. The smallest absolute Gasteiger partial charge is 0.305 e. The molecule has 0 fully saturated rings. The van der Waals surface area contributed by atoms with E-state index in [9.17, 15) is 9.59 Å². The molecular formula is C20H18BrClN2O3. The molecule has 1 heterocycles. The molecule has 5 nitrogen and oxygen atoms in total. The standard InChI is InChI=1S/C20H18BrClN2O3/c1-27-19(26)7-4-10-24-17-9-8-13(21)11-15(17)20(23-12-18(24)25)14-5-2-3-6-16(14)22/h2-3,5-6,8-9,11H,4,7,10,12H2,1H3. The Balaban J connectivity index is 2.01. The number of benzene rings is 2. The van der Waals surface area contributed by atoms with E-state index < -0.39 is 0 Å². The fourth-order valence-corrected chi connectivity index (χ4v) is 3.58. The van der Waals surface area contributed by atoms with Crippen molar-refractivity contribution in [2.45, 2.75) is 12.8 Å². The van der Waals surface area contributed by atoms with Crippen molar-refractivity contribution in [3.63, 3.8) is 0 Å². The zero-order chi connectivity index (χ0) is 19.4. The zero-order valence-corrected chi connectivity index (χ0v) is 17.1. The average Bonchev–Trinajstić information content (AvgIpc) is 2.79. The first-order chi connectivity index (χ1) is 13.0. The molecule has 1 aliphatic heterocycles. The highest BCUT2D eigenvalue weighted by Crippen LogP contribution is 2.31. The summed E-state index contributed by atoms with van der Waals surface area (Å²) in [5.41, 5.74) is 3.04. The fourth-order valence-electron chi connectivity index (χ4n) is 3.00. The van der Waals surface area contributed by atoms with Crippen LogP contribution in [0.25, 0.3) is 0 Å². The summed E-state index contributed by atoms with van der Waals surface area (Å²) >= 11 is 9.88. The van der Waals surface area contributed by atoms with Crippen LogP contribution in [0.2, 0.25) is 5.02 Å². The van der Waals surface area contributed by atoms with E-state index >= 15 is 0 Å². The fraction of sp³-hybridized carbons (Fsp3) is 0.250. The van der Waals surface area contributed by atoms with Gasteiger partial charge in [-0.05, 0) is 30.7 Å². The number of nitrogens with zero attached hydrogens (tertiary/aromatic N) is 2. The van der Waals surface area contributed by atoms with Crippen LogP contribution in [0.1, 0.15) is 24.0 Å². The second-order valence-electron chi connectivity index (χ2n) is 6.03. The monoisotopic (exact) mass is 448 g/mol. The molecule has 0 spiro atoms. The Hall–Kier alpha value is -2.18. The third kappa shape index (κ3) is 4.39. The molecule has 0 saturated heterocycles. The van der Waals surface area contributed by atoms with E-state index in [1.807, 2.05) is 36.4 Å². The van der Waals surface area contributed by atoms with Crippen LogP contribution in [0.4, 0.5) is 5.69 Å². The van der Waals surface area contributed by atoms with Gasteiger partial charge >= 0.3 is 5.97 Å². The summed E-state index contributed by atoms with van der Waals surface area (Å²) in [4.78, 5) is 30.4. The molecule has 0 aromatic heterocycles. The number of benzodiazepines with no additional fused rings is 1. The molecule has 2 aromatic carbocycles. The van der Waals surface area contributed by atoms with Crippen LogP contribution >= 0.6 is 27.5 Å². The maximum Gasteiger partial charge on any atom is 0.305 e. The number of fused-ring (bicyclic) bond motifs is 1. The quantitative estimate of drug-likeness (QED) is 0.642. The first-order valence-corrected chi connectivity index (χ1v) is 9.65. The third-order valence-corrected chi connectivity index (χ3v) is 5.12. The predicted molar refractivity (Wildman–Crippen MR) is 110 cm³/mol. The topological polar surface area (TPSA) is 59.0 Å². The van der Waals surface area contributed by atoms with E-state index in [2.05, 4.69) is 25.7 Å². The molecule has 3 rings (SSSR count). The third-order valence-electron chi connectivity index (χ3n) is 4.30. The molecular weight excluding hydrogens is 432 g/mol. The van der Waals surface area contributed by atoms with E-state index in [1.54, 1.807) is 11.0 Å². The Morgan fingerprint density at radius 2 is 2.04 bits per heavy atom. The van der Waals surface area contributed by atoms with Gasteiger partial charge < -0.3 is 9.64 Å². The number of hydrogen-bond donors (Lipinski definition) is 0. The van der Waals surface area contributed by atoms with Crippen LogP contribution < -0.4 is 4.90 Å². The number of amides is 1. The molecule has 0 N–H and O–H groups in total. The molecule has 1 aliphatic rings. The first kappa shape index (κ1) is 19.6. The van der Waals surface area contributed by atoms with E-state index in [-0.39, 0.29) is 24.8 Å². The van der Waals surface area contributed by atoms with Crippen molar-refractivity contribution in [2.24, 2.45) is 4.99 Å². The summed E-state index contributed by atoms with van der Waals surface area (Å²) in [5, 5.41) is 0.578. The number of ether oxygens (including phenoxy) is 1. The van der Waals surface area contributed by atoms with Gasteiger partial charge in [0.1, 0.15) is 6.54 Å². The number of esters is 1. The minimum Gasteiger partial charge on any atom is -0.469 e. The summed E-state index contributed by atoms with van der Waals surface area (Å²) in [6.07, 6.45) is 0.764. The average molecular weight is 450 g/mol. The van der Waals surface area contributed by atoms with Crippen LogP contribution in [0.5, 0.6) is 0 Å². The molecule has 2 aromatic rings. The molecule has 0 atom stereocenters. The lowest BCUT2D eigenvalue weighted by Gasteiger charge is -2.23. The maximum atomic E-state index is 12.7. The Labute approximate surface area is 171 Å². The minimum absolute atomic E-state index is 0.0189. The van der Waals surface area contributed by atoms with Gasteiger partial charge in [0.25, 0.3) is 0 Å². The molecule has 140 valence electrons. The van der Waals surface area contributed by atoms with E-state index in [4.69, 9.17) is 11.6 Å². The van der Waals surface area contributed by atoms with Crippen LogP contribution in [0.15, 0.2) is 51.9 Å². The van der Waals surface area contributed by atoms with Crippen molar-refractivity contribution in [3.8, 4) is 0 Å². The van der Waals surface area contributed by atoms with Gasteiger partial charge in [0, 0.05) is 33.6 Å². The van der Waals surface area contributed by atoms with Crippen molar-refractivity contribution in [3.05, 3.63) is 63.1 Å². The SMILES string of the molecule is COC(=O)CCCN1C(=O)CN=C(c2ccccc2Cl)c2cc(Br)ccc21. The molecule has 7 heteroatoms. The predicted octanol–water partition coefficient (Wildman–Crippen LogP) is 4.24. The van der Waals surface area contributed by atoms with Gasteiger partial charge in [0.05, 0.1) is 18.5 Å². The highest BCUT2D eigenvalue weighted by atomic mass is 79.9. The molecule has 27 heavy (non-hydrogen) atoms. The van der Waals surface area contributed by atoms with Crippen LogP contribution in [0, 0.1) is 0 Å². The molecule has 0 bridgehead atoms. The van der Waals surface area contributed by atoms with Crippen molar-refractivity contribution in [1.29, 1.82) is 0 Å². The number of anilines is 1. The van der Waals surface area contributed by atoms with Gasteiger partial charge in [0.2, 0.25) is 5.91 Å². The Bertz CT molecular complexity index is 914. The molecule has 0 unspecified atom stereocenters. The van der Waals surface area contributed by atoms with Gasteiger partial charge in [-0.25, -0.2) is 0 Å². The normalized spacial score (nSPS) is 13.7. The van der Waals surface area contributed by atoms with Gasteiger partial charge in [-0.3, -0.25) is 14.6 Å². The molecule has 1 amide bonds. The number of halogens is 2. The molecule has 0 radical (unpaired) electrons. The van der Waals surface area contributed by atoms with Crippen LogP contribution in [-0.4, -0.2) is 37.8 Å². The van der Waals surface area contributed by atoms with E-state index in [0.29, 0.717) is 23.7 Å². The van der Waals surface area contributed by atoms with E-state index in [0.717, 1.165) is 21.3 Å². The Morgan fingerprint density at radius 3 is 2.78 bits per heavy atom. The van der Waals surface area contributed by atoms with E-state index in [1.165, 1.54) is 7.11 Å². The Kier molecular flexibility index (Phi) is 6.29. The summed E-state index contributed by atoms with van der Waals surface area (Å²) in [5.74, 6) is -0.410. The summed E-state index contributed by atoms with van der Waals surface area (Å²) in [7, 11) is 1.36. The second kappa shape index (κ2) is 8.67. The van der Waals surface area contributed by atoms with Crippen molar-refractivity contribution in [1.82, 2.24) is 0 Å². The highest BCUT2D eigenvalue weighted by molar-refractivity contribution is 9.10.